The van der Waals surface area contributed by atoms with Crippen LogP contribution in [0.3, 0.4) is 0 Å². The molecule has 5 heteroatoms. The van der Waals surface area contributed by atoms with Crippen molar-refractivity contribution < 1.29 is 13.9 Å². The molecule has 0 heterocycles. The predicted molar refractivity (Wildman–Crippen MR) is 61.6 cm³/mol. The van der Waals surface area contributed by atoms with E-state index in [1.165, 1.54) is 17.8 Å². The fourth-order valence-electron chi connectivity index (χ4n) is 1.23. The van der Waals surface area contributed by atoms with Gasteiger partial charge in [-0.3, -0.25) is 0 Å². The number of hydrogen-bond acceptors (Lipinski definition) is 3. The molecule has 0 aliphatic heterocycles. The zero-order valence-corrected chi connectivity index (χ0v) is 9.86. The molecule has 0 aromatic heterocycles. The van der Waals surface area contributed by atoms with Gasteiger partial charge in [0.2, 0.25) is 0 Å². The van der Waals surface area contributed by atoms with Crippen LogP contribution in [-0.2, 0) is 0 Å². The van der Waals surface area contributed by atoms with Crippen LogP contribution in [0.1, 0.15) is 6.42 Å². The van der Waals surface area contributed by atoms with Gasteiger partial charge in [-0.2, -0.15) is 0 Å². The van der Waals surface area contributed by atoms with Crippen LogP contribution < -0.4 is 5.32 Å². The fourth-order valence-corrected chi connectivity index (χ4v) is 2.25. The molecular weight excluding hydrogens is 232 g/mol. The summed E-state index contributed by atoms with van der Waals surface area (Å²) >= 11 is 1.25. The third kappa shape index (κ3) is 4.08. The summed E-state index contributed by atoms with van der Waals surface area (Å²) < 4.78 is 26.0. The molecule has 0 bridgehead atoms. The van der Waals surface area contributed by atoms with Gasteiger partial charge in [-0.05, 0) is 37.4 Å². The number of benzene rings is 1. The maximum Gasteiger partial charge on any atom is 0.136 e. The summed E-state index contributed by atoms with van der Waals surface area (Å²) in [5, 5.41) is 11.8. The van der Waals surface area contributed by atoms with Crippen molar-refractivity contribution >= 4 is 11.8 Å². The van der Waals surface area contributed by atoms with Crippen LogP contribution >= 0.6 is 11.8 Å². The normalized spacial score (nSPS) is 12.8. The smallest absolute Gasteiger partial charge is 0.136 e. The SMILES string of the molecule is CNC(CO)CCSc1cc(F)ccc1F. The molecular formula is C11H15F2NOS. The van der Waals surface area contributed by atoms with E-state index in [0.717, 1.165) is 12.1 Å². The zero-order valence-electron chi connectivity index (χ0n) is 9.04. The molecule has 1 unspecified atom stereocenters. The van der Waals surface area contributed by atoms with Crippen LogP contribution in [0.25, 0.3) is 0 Å². The van der Waals surface area contributed by atoms with Crippen LogP contribution in [0.5, 0.6) is 0 Å². The Morgan fingerprint density at radius 1 is 1.44 bits per heavy atom. The van der Waals surface area contributed by atoms with Gasteiger partial charge < -0.3 is 10.4 Å². The van der Waals surface area contributed by atoms with E-state index in [2.05, 4.69) is 5.32 Å². The maximum atomic E-state index is 13.2. The Labute approximate surface area is 98.1 Å². The standard InChI is InChI=1S/C11H15F2NOS/c1-14-9(7-15)4-5-16-11-6-8(12)2-3-10(11)13/h2-3,6,9,14-15H,4-5,7H2,1H3. The average molecular weight is 247 g/mol. The minimum Gasteiger partial charge on any atom is -0.395 e. The molecule has 1 aromatic rings. The van der Waals surface area contributed by atoms with Crippen molar-refractivity contribution in [2.75, 3.05) is 19.4 Å². The third-order valence-electron chi connectivity index (χ3n) is 2.25. The van der Waals surface area contributed by atoms with Gasteiger partial charge >= 0.3 is 0 Å². The number of aliphatic hydroxyl groups is 1. The molecule has 2 N–H and O–H groups in total. The summed E-state index contributed by atoms with van der Waals surface area (Å²) in [4.78, 5) is 0.313. The van der Waals surface area contributed by atoms with Crippen molar-refractivity contribution in [1.82, 2.24) is 5.32 Å². The Kier molecular flexibility index (Phi) is 5.73. The highest BCUT2D eigenvalue weighted by Gasteiger charge is 2.07. The number of hydrogen-bond donors (Lipinski definition) is 2. The van der Waals surface area contributed by atoms with E-state index in [1.54, 1.807) is 7.05 Å². The second-order valence-corrected chi connectivity index (χ2v) is 4.52. The molecule has 1 aromatic carbocycles. The van der Waals surface area contributed by atoms with Crippen molar-refractivity contribution in [1.29, 1.82) is 0 Å². The second-order valence-electron chi connectivity index (χ2n) is 3.38. The van der Waals surface area contributed by atoms with Crippen molar-refractivity contribution in [2.45, 2.75) is 17.4 Å². The highest BCUT2D eigenvalue weighted by Crippen LogP contribution is 2.23. The fraction of sp³-hybridized carbons (Fsp3) is 0.455. The minimum atomic E-state index is -0.434. The first kappa shape index (κ1) is 13.4. The molecule has 1 atom stereocenters. The zero-order chi connectivity index (χ0) is 12.0. The number of rotatable bonds is 6. The number of likely N-dealkylation sites (N-methyl/N-ethyl adjacent to an activating group) is 1. The van der Waals surface area contributed by atoms with Crippen molar-refractivity contribution in [3.8, 4) is 0 Å². The summed E-state index contributed by atoms with van der Waals surface area (Å²) in [5.74, 6) is -0.209. The first-order valence-corrected chi connectivity index (χ1v) is 6.02. The molecule has 0 fully saturated rings. The molecule has 16 heavy (non-hydrogen) atoms. The van der Waals surface area contributed by atoms with E-state index in [9.17, 15) is 8.78 Å². The first-order valence-electron chi connectivity index (χ1n) is 5.03. The van der Waals surface area contributed by atoms with E-state index in [-0.39, 0.29) is 12.6 Å². The Balaban J connectivity index is 2.45. The molecule has 1 rings (SSSR count). The van der Waals surface area contributed by atoms with Gasteiger partial charge in [0.05, 0.1) is 6.61 Å². The Morgan fingerprint density at radius 2 is 2.19 bits per heavy atom. The Bertz CT molecular complexity index is 332. The van der Waals surface area contributed by atoms with Gasteiger partial charge in [0.25, 0.3) is 0 Å². The maximum absolute atomic E-state index is 13.2. The lowest BCUT2D eigenvalue weighted by Gasteiger charge is -2.12. The van der Waals surface area contributed by atoms with Crippen molar-refractivity contribution in [3.05, 3.63) is 29.8 Å². The summed E-state index contributed by atoms with van der Waals surface area (Å²) in [6.07, 6.45) is 0.702. The number of aliphatic hydroxyl groups excluding tert-OH is 1. The van der Waals surface area contributed by atoms with E-state index >= 15 is 0 Å². The first-order chi connectivity index (χ1) is 7.67. The van der Waals surface area contributed by atoms with Gasteiger partial charge in [-0.1, -0.05) is 0 Å². The Morgan fingerprint density at radius 3 is 2.81 bits per heavy atom. The predicted octanol–water partition coefficient (Wildman–Crippen LogP) is 2.03. The quantitative estimate of drug-likeness (QED) is 0.754. The number of thioether (sulfide) groups is 1. The van der Waals surface area contributed by atoms with Gasteiger partial charge in [0.15, 0.2) is 0 Å². The summed E-state index contributed by atoms with van der Waals surface area (Å²) in [6, 6.07) is 3.42. The molecule has 0 saturated carbocycles. The monoisotopic (exact) mass is 247 g/mol. The minimum absolute atomic E-state index is 0.00382. The largest absolute Gasteiger partial charge is 0.395 e. The van der Waals surface area contributed by atoms with Crippen LogP contribution in [0, 0.1) is 11.6 Å². The molecule has 0 aliphatic carbocycles. The second kappa shape index (κ2) is 6.83. The molecule has 0 amide bonds. The molecule has 2 nitrogen and oxygen atoms in total. The van der Waals surface area contributed by atoms with E-state index in [1.807, 2.05) is 0 Å². The number of nitrogens with one attached hydrogen (secondary N) is 1. The topological polar surface area (TPSA) is 32.3 Å². The molecule has 0 saturated heterocycles. The molecule has 0 aliphatic rings. The van der Waals surface area contributed by atoms with Crippen LogP contribution in [0.15, 0.2) is 23.1 Å². The highest BCUT2D eigenvalue weighted by atomic mass is 32.2. The van der Waals surface area contributed by atoms with E-state index in [4.69, 9.17) is 5.11 Å². The van der Waals surface area contributed by atoms with Gasteiger partial charge in [0, 0.05) is 10.9 Å². The lowest BCUT2D eigenvalue weighted by molar-refractivity contribution is 0.246. The average Bonchev–Trinajstić information content (AvgIpc) is 2.29. The lowest BCUT2D eigenvalue weighted by Crippen LogP contribution is -2.29. The number of halogens is 2. The van der Waals surface area contributed by atoms with Crippen molar-refractivity contribution in [2.24, 2.45) is 0 Å². The van der Waals surface area contributed by atoms with Crippen molar-refractivity contribution in [3.63, 3.8) is 0 Å². The van der Waals surface area contributed by atoms with Gasteiger partial charge in [-0.25, -0.2) is 8.78 Å². The lowest BCUT2D eigenvalue weighted by atomic mass is 10.2. The molecule has 90 valence electrons. The summed E-state index contributed by atoms with van der Waals surface area (Å²) in [5.41, 5.74) is 0. The molecule has 0 radical (unpaired) electrons. The van der Waals surface area contributed by atoms with E-state index in [0.29, 0.717) is 17.1 Å². The highest BCUT2D eigenvalue weighted by molar-refractivity contribution is 7.99. The summed E-state index contributed by atoms with van der Waals surface area (Å²) in [6.45, 7) is 0.0443. The van der Waals surface area contributed by atoms with Crippen LogP contribution in [0.2, 0.25) is 0 Å². The Hall–Kier alpha value is -0.650. The van der Waals surface area contributed by atoms with Crippen LogP contribution in [-0.4, -0.2) is 30.6 Å². The summed E-state index contributed by atoms with van der Waals surface area (Å²) in [7, 11) is 1.76. The third-order valence-corrected chi connectivity index (χ3v) is 3.31. The van der Waals surface area contributed by atoms with E-state index < -0.39 is 11.6 Å². The van der Waals surface area contributed by atoms with Gasteiger partial charge in [-0.15, -0.1) is 11.8 Å². The van der Waals surface area contributed by atoms with Crippen LogP contribution in [0.4, 0.5) is 8.78 Å². The van der Waals surface area contributed by atoms with Gasteiger partial charge in [0.1, 0.15) is 11.6 Å². The molecule has 0 spiro atoms.